The molecule has 0 unspecified atom stereocenters. The summed E-state index contributed by atoms with van der Waals surface area (Å²) >= 11 is 2.22. The summed E-state index contributed by atoms with van der Waals surface area (Å²) < 4.78 is 16.5. The number of hydrogen-bond acceptors (Lipinski definition) is 6. The molecule has 2 rings (SSSR count). The number of fused-ring (bicyclic) bond motifs is 1. The van der Waals surface area contributed by atoms with Gasteiger partial charge in [0.2, 0.25) is 0 Å². The lowest BCUT2D eigenvalue weighted by atomic mass is 9.78. The van der Waals surface area contributed by atoms with Gasteiger partial charge in [-0.15, -0.1) is 0 Å². The van der Waals surface area contributed by atoms with Crippen molar-refractivity contribution in [2.24, 2.45) is 5.41 Å². The first kappa shape index (κ1) is 24.8. The minimum absolute atomic E-state index is 0.0601. The van der Waals surface area contributed by atoms with E-state index in [1.54, 1.807) is 26.0 Å². The van der Waals surface area contributed by atoms with E-state index in [0.29, 0.717) is 0 Å². The van der Waals surface area contributed by atoms with Crippen LogP contribution in [0.25, 0.3) is 10.8 Å². The van der Waals surface area contributed by atoms with Gasteiger partial charge < -0.3 is 14.2 Å². The maximum absolute atomic E-state index is 13.1. The number of rotatable bonds is 10. The van der Waals surface area contributed by atoms with Crippen molar-refractivity contribution >= 4 is 51.3 Å². The molecule has 0 atom stereocenters. The Hall–Kier alpha value is -2.42. The van der Waals surface area contributed by atoms with Gasteiger partial charge in [-0.25, -0.2) is 0 Å². The predicted molar refractivity (Wildman–Crippen MR) is 126 cm³/mol. The van der Waals surface area contributed by atoms with Crippen LogP contribution < -0.4 is 0 Å². The zero-order valence-electron chi connectivity index (χ0n) is 18.0. The van der Waals surface area contributed by atoms with Crippen molar-refractivity contribution in [1.82, 2.24) is 0 Å². The summed E-state index contributed by atoms with van der Waals surface area (Å²) in [6.07, 6.45) is 3.46. The fourth-order valence-corrected chi connectivity index (χ4v) is 3.93. The van der Waals surface area contributed by atoms with Crippen LogP contribution in [0.3, 0.4) is 0 Å². The normalized spacial score (nSPS) is 11.5. The largest absolute Gasteiger partial charge is 0.465 e. The Morgan fingerprint density at radius 1 is 0.935 bits per heavy atom. The number of carbonyl (C=O) groups is 3. The van der Waals surface area contributed by atoms with Crippen LogP contribution in [0.4, 0.5) is 0 Å². The third-order valence-electron chi connectivity index (χ3n) is 4.76. The van der Waals surface area contributed by atoms with Crippen LogP contribution in [0.15, 0.2) is 48.6 Å². The second kappa shape index (κ2) is 11.8. The predicted octanol–water partition coefficient (Wildman–Crippen LogP) is 4.61. The van der Waals surface area contributed by atoms with Gasteiger partial charge in [-0.3, -0.25) is 14.4 Å². The molecule has 6 nitrogen and oxygen atoms in total. The Kier molecular flexibility index (Phi) is 9.48. The Bertz CT molecular complexity index is 948. The first-order valence-corrected chi connectivity index (χ1v) is 11.2. The van der Waals surface area contributed by atoms with Crippen molar-refractivity contribution in [3.05, 3.63) is 57.7 Å². The van der Waals surface area contributed by atoms with Crippen molar-refractivity contribution < 1.29 is 28.6 Å². The smallest absolute Gasteiger partial charge is 0.324 e. The van der Waals surface area contributed by atoms with Gasteiger partial charge in [0.05, 0.1) is 13.2 Å². The van der Waals surface area contributed by atoms with Crippen LogP contribution in [0, 0.1) is 8.99 Å². The molecule has 2 aromatic rings. The van der Waals surface area contributed by atoms with E-state index in [0.717, 1.165) is 19.9 Å². The number of halogens is 1. The first-order valence-electron chi connectivity index (χ1n) is 10.1. The van der Waals surface area contributed by atoms with Crippen molar-refractivity contribution in [3.63, 3.8) is 0 Å². The minimum atomic E-state index is -1.54. The summed E-state index contributed by atoms with van der Waals surface area (Å²) in [6, 6.07) is 11.9. The van der Waals surface area contributed by atoms with E-state index in [1.807, 2.05) is 36.4 Å². The van der Waals surface area contributed by atoms with Gasteiger partial charge in [0.15, 0.2) is 5.41 Å². The van der Waals surface area contributed by atoms with Gasteiger partial charge in [0, 0.05) is 16.9 Å². The second-order valence-electron chi connectivity index (χ2n) is 6.97. The van der Waals surface area contributed by atoms with Crippen LogP contribution in [0.5, 0.6) is 0 Å². The van der Waals surface area contributed by atoms with Gasteiger partial charge in [-0.05, 0) is 65.3 Å². The van der Waals surface area contributed by atoms with E-state index < -0.39 is 23.3 Å². The molecule has 31 heavy (non-hydrogen) atoms. The lowest BCUT2D eigenvalue weighted by molar-refractivity contribution is -0.172. The number of esters is 3. The summed E-state index contributed by atoms with van der Waals surface area (Å²) in [7, 11) is 0. The highest BCUT2D eigenvalue weighted by atomic mass is 127. The summed E-state index contributed by atoms with van der Waals surface area (Å²) in [5.41, 5.74) is -0.685. The molecule has 0 saturated heterocycles. The van der Waals surface area contributed by atoms with Gasteiger partial charge in [-0.2, -0.15) is 0 Å². The highest BCUT2D eigenvalue weighted by molar-refractivity contribution is 14.1. The molecule has 0 bridgehead atoms. The number of ether oxygens (including phenoxy) is 3. The van der Waals surface area contributed by atoms with E-state index >= 15 is 0 Å². The quantitative estimate of drug-likeness (QED) is 0.145. The highest BCUT2D eigenvalue weighted by Gasteiger charge is 2.48. The number of benzene rings is 2. The molecule has 2 aromatic carbocycles. The molecule has 0 amide bonds. The Labute approximate surface area is 196 Å². The van der Waals surface area contributed by atoms with E-state index in [1.165, 1.54) is 6.92 Å². The van der Waals surface area contributed by atoms with Gasteiger partial charge in [0.1, 0.15) is 6.61 Å². The Balaban J connectivity index is 2.47. The van der Waals surface area contributed by atoms with Crippen LogP contribution in [-0.2, 0) is 35.0 Å². The van der Waals surface area contributed by atoms with E-state index in [4.69, 9.17) is 14.2 Å². The van der Waals surface area contributed by atoms with E-state index in [2.05, 4.69) is 22.6 Å². The second-order valence-corrected chi connectivity index (χ2v) is 8.13. The monoisotopic (exact) mass is 538 g/mol. The molecule has 0 aliphatic rings. The van der Waals surface area contributed by atoms with Crippen molar-refractivity contribution in [2.75, 3.05) is 19.8 Å². The van der Waals surface area contributed by atoms with Crippen LogP contribution >= 0.6 is 22.6 Å². The average molecular weight is 538 g/mol. The van der Waals surface area contributed by atoms with Crippen molar-refractivity contribution in [2.45, 2.75) is 33.6 Å². The van der Waals surface area contributed by atoms with Crippen molar-refractivity contribution in [3.8, 4) is 0 Å². The number of carbonyl (C=O) groups excluding carboxylic acids is 3. The minimum Gasteiger partial charge on any atom is -0.465 e. The lowest BCUT2D eigenvalue weighted by Crippen LogP contribution is -2.44. The molecular formula is C24H27IO6. The molecule has 0 saturated carbocycles. The number of hydrogen-bond donors (Lipinski definition) is 0. The molecule has 0 aliphatic heterocycles. The lowest BCUT2D eigenvalue weighted by Gasteiger charge is -2.29. The van der Waals surface area contributed by atoms with E-state index in [-0.39, 0.29) is 32.7 Å². The molecular weight excluding hydrogens is 511 g/mol. The zero-order chi connectivity index (χ0) is 22.9. The van der Waals surface area contributed by atoms with Crippen LogP contribution in [-0.4, -0.2) is 37.7 Å². The molecule has 0 fully saturated rings. The molecule has 166 valence electrons. The molecule has 0 N–H and O–H groups in total. The average Bonchev–Trinajstić information content (AvgIpc) is 2.73. The third kappa shape index (κ3) is 6.53. The standard InChI is InChI=1S/C24H27IO6/c1-4-29-22(27)24(23(28)30-5-2,12-8-9-13-31-17(3)26)16-20-14-18-10-6-7-11-19(18)15-21(20)25/h6-11,14-15H,4-5,12-13,16H2,1-3H3/b9-8+. The Morgan fingerprint density at radius 2 is 1.52 bits per heavy atom. The molecule has 0 aliphatic carbocycles. The molecule has 7 heteroatoms. The summed E-state index contributed by atoms with van der Waals surface area (Å²) in [5.74, 6) is -1.67. The highest BCUT2D eigenvalue weighted by Crippen LogP contribution is 2.35. The summed E-state index contributed by atoms with van der Waals surface area (Å²) in [5, 5.41) is 2.10. The first-order chi connectivity index (χ1) is 14.8. The maximum atomic E-state index is 13.1. The summed E-state index contributed by atoms with van der Waals surface area (Å²) in [6.45, 7) is 5.06. The molecule has 0 aromatic heterocycles. The summed E-state index contributed by atoms with van der Waals surface area (Å²) in [4.78, 5) is 37.1. The molecule has 0 radical (unpaired) electrons. The van der Waals surface area contributed by atoms with Gasteiger partial charge >= 0.3 is 17.9 Å². The van der Waals surface area contributed by atoms with Gasteiger partial charge in [-0.1, -0.05) is 42.5 Å². The molecule has 0 spiro atoms. The third-order valence-corrected chi connectivity index (χ3v) is 5.76. The SMILES string of the molecule is CCOC(=O)C(C/C=C/COC(C)=O)(Cc1cc2ccccc2cc1I)C(=O)OCC. The number of allylic oxidation sites excluding steroid dienone is 1. The van der Waals surface area contributed by atoms with Crippen LogP contribution in [0.1, 0.15) is 32.8 Å². The van der Waals surface area contributed by atoms with E-state index in [9.17, 15) is 14.4 Å². The molecule has 0 heterocycles. The fraction of sp³-hybridized carbons (Fsp3) is 0.375. The van der Waals surface area contributed by atoms with Crippen LogP contribution in [0.2, 0.25) is 0 Å². The van der Waals surface area contributed by atoms with Gasteiger partial charge in [0.25, 0.3) is 0 Å². The zero-order valence-corrected chi connectivity index (χ0v) is 20.1. The fourth-order valence-electron chi connectivity index (χ4n) is 3.24. The van der Waals surface area contributed by atoms with Crippen molar-refractivity contribution in [1.29, 1.82) is 0 Å². The topological polar surface area (TPSA) is 78.9 Å². The Morgan fingerprint density at radius 3 is 2.06 bits per heavy atom. The maximum Gasteiger partial charge on any atom is 0.324 e.